The number of carbonyl (C=O) groups excluding carboxylic acids is 1. The maximum absolute atomic E-state index is 12.4. The van der Waals surface area contributed by atoms with Crippen molar-refractivity contribution in [2.75, 3.05) is 5.75 Å². The number of carbonyl (C=O) groups is 1. The summed E-state index contributed by atoms with van der Waals surface area (Å²) in [6.07, 6.45) is 0. The van der Waals surface area contributed by atoms with Gasteiger partial charge in [0.15, 0.2) is 5.16 Å². The maximum Gasteiger partial charge on any atom is 0.262 e. The molecule has 2 heterocycles. The summed E-state index contributed by atoms with van der Waals surface area (Å²) in [4.78, 5) is 31.7. The van der Waals surface area contributed by atoms with Crippen LogP contribution in [-0.2, 0) is 11.8 Å². The molecule has 0 radical (unpaired) electrons. The smallest absolute Gasteiger partial charge is 0.262 e. The van der Waals surface area contributed by atoms with E-state index in [9.17, 15) is 9.59 Å². The summed E-state index contributed by atoms with van der Waals surface area (Å²) < 4.78 is 1.52. The van der Waals surface area contributed by atoms with Crippen molar-refractivity contribution >= 4 is 39.2 Å². The molecule has 22 heavy (non-hydrogen) atoms. The summed E-state index contributed by atoms with van der Waals surface area (Å²) in [5.74, 6) is 0.351. The minimum Gasteiger partial charge on any atom is -0.337 e. The molecule has 1 amide bonds. The van der Waals surface area contributed by atoms with Crippen LogP contribution in [0.1, 0.15) is 27.7 Å². The average Bonchev–Trinajstić information content (AvgIpc) is 2.88. The highest BCUT2D eigenvalue weighted by Gasteiger charge is 2.21. The molecule has 0 aliphatic rings. The van der Waals surface area contributed by atoms with Crippen LogP contribution in [0.4, 0.5) is 0 Å². The first-order valence-electron chi connectivity index (χ1n) is 7.21. The van der Waals surface area contributed by atoms with Gasteiger partial charge in [0.2, 0.25) is 5.91 Å². The monoisotopic (exact) mass is 339 g/mol. The molecule has 0 unspecified atom stereocenters. The van der Waals surface area contributed by atoms with E-state index in [2.05, 4.69) is 4.98 Å². The third-order valence-electron chi connectivity index (χ3n) is 3.39. The van der Waals surface area contributed by atoms with E-state index < -0.39 is 0 Å². The van der Waals surface area contributed by atoms with Crippen molar-refractivity contribution in [2.24, 2.45) is 7.05 Å². The molecule has 0 aromatic carbocycles. The van der Waals surface area contributed by atoms with Crippen molar-refractivity contribution in [3.8, 4) is 0 Å². The fourth-order valence-electron chi connectivity index (χ4n) is 2.48. The van der Waals surface area contributed by atoms with Gasteiger partial charge in [-0.25, -0.2) is 4.98 Å². The average molecular weight is 339 g/mol. The highest BCUT2D eigenvalue weighted by atomic mass is 32.2. The van der Waals surface area contributed by atoms with Gasteiger partial charge in [-0.15, -0.1) is 11.3 Å². The van der Waals surface area contributed by atoms with Gasteiger partial charge in [-0.3, -0.25) is 14.2 Å². The van der Waals surface area contributed by atoms with Crippen LogP contribution in [0.15, 0.2) is 21.4 Å². The van der Waals surface area contributed by atoms with Gasteiger partial charge < -0.3 is 4.90 Å². The standard InChI is InChI=1S/C15H21N3O2S2/c1-9(2)18(10(3)4)12(19)8-22-15-16-13-11(6-7-21-13)14(20)17(15)5/h6-7,9-10H,8H2,1-5H3. The summed E-state index contributed by atoms with van der Waals surface area (Å²) in [5, 5.41) is 3.08. The second kappa shape index (κ2) is 6.83. The van der Waals surface area contributed by atoms with E-state index in [0.717, 1.165) is 4.83 Å². The summed E-state index contributed by atoms with van der Waals surface area (Å²) in [6, 6.07) is 2.10. The van der Waals surface area contributed by atoms with Crippen LogP contribution in [0.5, 0.6) is 0 Å². The van der Waals surface area contributed by atoms with Crippen LogP contribution < -0.4 is 5.56 Å². The number of amides is 1. The Morgan fingerprint density at radius 2 is 2.00 bits per heavy atom. The van der Waals surface area contributed by atoms with Crippen LogP contribution >= 0.6 is 23.1 Å². The van der Waals surface area contributed by atoms with Crippen LogP contribution in [0.2, 0.25) is 0 Å². The molecule has 2 rings (SSSR count). The Morgan fingerprint density at radius 1 is 1.36 bits per heavy atom. The fourth-order valence-corrected chi connectivity index (χ4v) is 4.13. The quantitative estimate of drug-likeness (QED) is 0.621. The topological polar surface area (TPSA) is 55.2 Å². The molecule has 0 aliphatic carbocycles. The third kappa shape index (κ3) is 3.35. The lowest BCUT2D eigenvalue weighted by atomic mass is 10.2. The lowest BCUT2D eigenvalue weighted by molar-refractivity contribution is -0.131. The number of thiophene rings is 1. The number of aromatic nitrogens is 2. The molecular weight excluding hydrogens is 318 g/mol. The molecule has 7 heteroatoms. The number of rotatable bonds is 5. The fraction of sp³-hybridized carbons (Fsp3) is 0.533. The molecule has 0 saturated heterocycles. The van der Waals surface area contributed by atoms with E-state index in [0.29, 0.717) is 10.5 Å². The van der Waals surface area contributed by atoms with Crippen molar-refractivity contribution < 1.29 is 4.79 Å². The molecule has 0 saturated carbocycles. The Morgan fingerprint density at radius 3 is 2.59 bits per heavy atom. The van der Waals surface area contributed by atoms with Gasteiger partial charge in [-0.2, -0.15) is 0 Å². The van der Waals surface area contributed by atoms with Crippen LogP contribution in [0, 0.1) is 0 Å². The zero-order valence-electron chi connectivity index (χ0n) is 13.5. The molecule has 120 valence electrons. The number of hydrogen-bond acceptors (Lipinski definition) is 5. The summed E-state index contributed by atoms with van der Waals surface area (Å²) in [6.45, 7) is 8.03. The SMILES string of the molecule is CC(C)N(C(=O)CSc1nc2sccc2c(=O)n1C)C(C)C. The summed E-state index contributed by atoms with van der Waals surface area (Å²) in [5.41, 5.74) is -0.0641. The van der Waals surface area contributed by atoms with E-state index in [1.807, 2.05) is 38.0 Å². The van der Waals surface area contributed by atoms with Gasteiger partial charge in [0, 0.05) is 19.1 Å². The number of nitrogens with zero attached hydrogens (tertiary/aromatic N) is 3. The normalized spacial score (nSPS) is 11.6. The zero-order chi connectivity index (χ0) is 16.4. The van der Waals surface area contributed by atoms with E-state index in [-0.39, 0.29) is 29.3 Å². The molecule has 0 aliphatic heterocycles. The number of hydrogen-bond donors (Lipinski definition) is 0. The Hall–Kier alpha value is -1.34. The third-order valence-corrected chi connectivity index (χ3v) is 5.21. The second-order valence-electron chi connectivity index (χ2n) is 5.68. The molecule has 0 bridgehead atoms. The first-order chi connectivity index (χ1) is 10.3. The molecule has 5 nitrogen and oxygen atoms in total. The Balaban J connectivity index is 2.19. The minimum absolute atomic E-state index is 0.0641. The minimum atomic E-state index is -0.0641. The molecule has 0 N–H and O–H groups in total. The lowest BCUT2D eigenvalue weighted by Gasteiger charge is -2.30. The largest absolute Gasteiger partial charge is 0.337 e. The number of fused-ring (bicyclic) bond motifs is 1. The highest BCUT2D eigenvalue weighted by molar-refractivity contribution is 7.99. The van der Waals surface area contributed by atoms with Gasteiger partial charge in [0.1, 0.15) is 4.83 Å². The van der Waals surface area contributed by atoms with E-state index in [1.54, 1.807) is 13.1 Å². The van der Waals surface area contributed by atoms with Crippen molar-refractivity contribution in [2.45, 2.75) is 44.9 Å². The summed E-state index contributed by atoms with van der Waals surface area (Å²) >= 11 is 2.76. The lowest BCUT2D eigenvalue weighted by Crippen LogP contribution is -2.43. The van der Waals surface area contributed by atoms with Gasteiger partial charge in [0.05, 0.1) is 11.1 Å². The van der Waals surface area contributed by atoms with E-state index >= 15 is 0 Å². The van der Waals surface area contributed by atoms with Crippen molar-refractivity contribution in [3.63, 3.8) is 0 Å². The van der Waals surface area contributed by atoms with Gasteiger partial charge in [-0.1, -0.05) is 11.8 Å². The van der Waals surface area contributed by atoms with Crippen LogP contribution in [0.25, 0.3) is 10.2 Å². The van der Waals surface area contributed by atoms with Crippen molar-refractivity contribution in [1.29, 1.82) is 0 Å². The maximum atomic E-state index is 12.4. The molecule has 0 atom stereocenters. The highest BCUT2D eigenvalue weighted by Crippen LogP contribution is 2.21. The van der Waals surface area contributed by atoms with Gasteiger partial charge >= 0.3 is 0 Å². The van der Waals surface area contributed by atoms with Crippen molar-refractivity contribution in [3.05, 3.63) is 21.8 Å². The molecule has 0 fully saturated rings. The predicted molar refractivity (Wildman–Crippen MR) is 92.7 cm³/mol. The van der Waals surface area contributed by atoms with E-state index in [4.69, 9.17) is 0 Å². The molecule has 2 aromatic heterocycles. The first-order valence-corrected chi connectivity index (χ1v) is 9.07. The predicted octanol–water partition coefficient (Wildman–Crippen LogP) is 2.73. The van der Waals surface area contributed by atoms with Gasteiger partial charge in [0.25, 0.3) is 5.56 Å². The number of thioether (sulfide) groups is 1. The first kappa shape index (κ1) is 17.0. The second-order valence-corrected chi connectivity index (χ2v) is 7.51. The van der Waals surface area contributed by atoms with Crippen molar-refractivity contribution in [1.82, 2.24) is 14.5 Å². The molecule has 0 spiro atoms. The Kier molecular flexibility index (Phi) is 5.28. The van der Waals surface area contributed by atoms with E-state index in [1.165, 1.54) is 27.7 Å². The van der Waals surface area contributed by atoms with Gasteiger partial charge in [-0.05, 0) is 39.1 Å². The van der Waals surface area contributed by atoms with Crippen LogP contribution in [-0.4, -0.2) is 38.2 Å². The molecular formula is C15H21N3O2S2. The summed E-state index contributed by atoms with van der Waals surface area (Å²) in [7, 11) is 1.70. The Labute approximate surface area is 138 Å². The molecule has 2 aromatic rings. The zero-order valence-corrected chi connectivity index (χ0v) is 15.1. The van der Waals surface area contributed by atoms with Crippen LogP contribution in [0.3, 0.4) is 0 Å². The Bertz CT molecular complexity index is 726.